The zero-order chi connectivity index (χ0) is 40.7. The normalized spacial score (nSPS) is 18.4. The van der Waals surface area contributed by atoms with E-state index in [9.17, 15) is 0 Å². The standard InChI is InChI=1S/C58H46N2Si/c1-58(2)52-32-15-12-28-46(52)50-36-37-51-49-31-14-17-35-55(49)60(57(51)56(50)58)41-21-19-27-45(39-41)61(42-22-6-3-7-23-42,43-24-8-4-9-25-43)44-26-18-20-40(38-44)59-53-33-11-5-10-29-47(53)48-30-13-16-34-54(48)59/h3-32,34-39,48,54H,33H2,1-2H3. The summed E-state index contributed by atoms with van der Waals surface area (Å²) in [6.07, 6.45) is 19.2. The molecule has 61 heavy (non-hydrogen) atoms. The van der Waals surface area contributed by atoms with Crippen molar-refractivity contribution in [2.45, 2.75) is 31.7 Å². The monoisotopic (exact) mass is 798 g/mol. The van der Waals surface area contributed by atoms with Crippen LogP contribution in [-0.4, -0.2) is 18.7 Å². The molecule has 2 atom stereocenters. The number of hydrogen-bond donors (Lipinski definition) is 0. The first-order chi connectivity index (χ1) is 30.0. The van der Waals surface area contributed by atoms with Crippen LogP contribution in [0.5, 0.6) is 0 Å². The summed E-state index contributed by atoms with van der Waals surface area (Å²) in [6, 6.07) is 65.0. The minimum absolute atomic E-state index is 0.168. The summed E-state index contributed by atoms with van der Waals surface area (Å²) in [5.74, 6) is 0.326. The third kappa shape index (κ3) is 5.20. The van der Waals surface area contributed by atoms with Crippen LogP contribution in [0.15, 0.2) is 230 Å². The fourth-order valence-corrected chi connectivity index (χ4v) is 16.3. The lowest BCUT2D eigenvalue weighted by Gasteiger charge is -2.36. The number of rotatable bonds is 6. The number of benzene rings is 7. The van der Waals surface area contributed by atoms with Gasteiger partial charge in [-0.1, -0.05) is 202 Å². The molecule has 7 aromatic carbocycles. The molecule has 4 aliphatic rings. The van der Waals surface area contributed by atoms with Crippen LogP contribution in [0.3, 0.4) is 0 Å². The van der Waals surface area contributed by atoms with Gasteiger partial charge in [-0.2, -0.15) is 0 Å². The Morgan fingerprint density at radius 2 is 1.20 bits per heavy atom. The highest BCUT2D eigenvalue weighted by molar-refractivity contribution is 7.20. The third-order valence-corrected chi connectivity index (χ3v) is 18.8. The predicted molar refractivity (Wildman–Crippen MR) is 260 cm³/mol. The average molecular weight is 799 g/mol. The van der Waals surface area contributed by atoms with E-state index in [1.54, 1.807) is 0 Å². The Morgan fingerprint density at radius 3 is 1.98 bits per heavy atom. The van der Waals surface area contributed by atoms with Crippen LogP contribution in [0, 0.1) is 5.92 Å². The van der Waals surface area contributed by atoms with Gasteiger partial charge < -0.3 is 9.47 Å². The molecular weight excluding hydrogens is 753 g/mol. The van der Waals surface area contributed by atoms with Crippen molar-refractivity contribution >= 4 is 56.3 Å². The summed E-state index contributed by atoms with van der Waals surface area (Å²) in [5.41, 5.74) is 13.1. The summed E-state index contributed by atoms with van der Waals surface area (Å²) >= 11 is 0. The van der Waals surface area contributed by atoms with Crippen LogP contribution in [0.1, 0.15) is 31.4 Å². The molecule has 3 aliphatic carbocycles. The van der Waals surface area contributed by atoms with Gasteiger partial charge in [-0.3, -0.25) is 0 Å². The van der Waals surface area contributed by atoms with Gasteiger partial charge in [0.25, 0.3) is 0 Å². The third-order valence-electron chi connectivity index (χ3n) is 14.1. The van der Waals surface area contributed by atoms with E-state index in [2.05, 4.69) is 242 Å². The maximum atomic E-state index is 2.63. The zero-order valence-electron chi connectivity index (χ0n) is 34.5. The molecule has 12 rings (SSSR count). The van der Waals surface area contributed by atoms with Crippen molar-refractivity contribution < 1.29 is 0 Å². The Bertz CT molecular complexity index is 3170. The molecule has 2 heterocycles. The van der Waals surface area contributed by atoms with Crippen molar-refractivity contribution in [3.05, 3.63) is 241 Å². The van der Waals surface area contributed by atoms with Gasteiger partial charge in [0, 0.05) is 45.6 Å². The van der Waals surface area contributed by atoms with Gasteiger partial charge in [-0.25, -0.2) is 0 Å². The Labute approximate surface area is 359 Å². The zero-order valence-corrected chi connectivity index (χ0v) is 35.5. The SMILES string of the molecule is CC1(C)c2ccccc2-c2ccc3c4ccccc4n(-c4cccc([Si](c5ccccc5)(c5ccccc5)c5cccc(N6C7=C(C=CC=CC7)C7C=CC=CC76)c5)c4)c3c21. The molecule has 1 aliphatic heterocycles. The fraction of sp³-hybridized carbons (Fsp3) is 0.103. The first kappa shape index (κ1) is 36.0. The average Bonchev–Trinajstić information content (AvgIpc) is 3.80. The Balaban J connectivity index is 1.13. The topological polar surface area (TPSA) is 8.17 Å². The van der Waals surface area contributed by atoms with E-state index in [4.69, 9.17) is 0 Å². The quantitative estimate of drug-likeness (QED) is 0.120. The smallest absolute Gasteiger partial charge is 0.179 e. The molecule has 3 heteroatoms. The van der Waals surface area contributed by atoms with Crippen molar-refractivity contribution in [2.75, 3.05) is 4.90 Å². The Morgan fingerprint density at radius 1 is 0.541 bits per heavy atom. The van der Waals surface area contributed by atoms with Crippen LogP contribution < -0.4 is 25.6 Å². The Kier molecular flexibility index (Phi) is 8.14. The van der Waals surface area contributed by atoms with E-state index in [-0.39, 0.29) is 11.5 Å². The molecule has 0 fully saturated rings. The number of para-hydroxylation sites is 1. The molecule has 2 nitrogen and oxygen atoms in total. The molecule has 1 aromatic heterocycles. The fourth-order valence-electron chi connectivity index (χ4n) is 11.5. The van der Waals surface area contributed by atoms with Gasteiger partial charge in [0.2, 0.25) is 0 Å². The maximum absolute atomic E-state index is 2.97. The summed E-state index contributed by atoms with van der Waals surface area (Å²) in [7, 11) is -2.97. The van der Waals surface area contributed by atoms with E-state index in [1.807, 2.05) is 0 Å². The van der Waals surface area contributed by atoms with E-state index in [1.165, 1.54) is 87.5 Å². The lowest BCUT2D eigenvalue weighted by atomic mass is 9.81. The minimum Gasteiger partial charge on any atom is -0.337 e. The van der Waals surface area contributed by atoms with Crippen LogP contribution in [0.25, 0.3) is 38.6 Å². The molecule has 0 saturated carbocycles. The highest BCUT2D eigenvalue weighted by Gasteiger charge is 2.44. The number of aromatic nitrogens is 1. The van der Waals surface area contributed by atoms with E-state index in [0.29, 0.717) is 5.92 Å². The van der Waals surface area contributed by atoms with Crippen molar-refractivity contribution in [2.24, 2.45) is 5.92 Å². The van der Waals surface area contributed by atoms with E-state index < -0.39 is 8.07 Å². The molecule has 8 aromatic rings. The van der Waals surface area contributed by atoms with Gasteiger partial charge in [0.1, 0.15) is 0 Å². The number of fused-ring (bicyclic) bond motifs is 9. The second-order valence-corrected chi connectivity index (χ2v) is 21.3. The van der Waals surface area contributed by atoms with Crippen LogP contribution in [0.2, 0.25) is 0 Å². The van der Waals surface area contributed by atoms with E-state index >= 15 is 0 Å². The Hall–Kier alpha value is -6.94. The lowest BCUT2D eigenvalue weighted by molar-refractivity contribution is 0.664. The van der Waals surface area contributed by atoms with Crippen LogP contribution in [0.4, 0.5) is 5.69 Å². The van der Waals surface area contributed by atoms with Crippen LogP contribution >= 0.6 is 0 Å². The minimum atomic E-state index is -2.97. The number of nitrogens with zero attached hydrogens (tertiary/aromatic N) is 2. The summed E-state index contributed by atoms with van der Waals surface area (Å²) in [5, 5.41) is 8.06. The second-order valence-electron chi connectivity index (χ2n) is 17.5. The molecule has 0 radical (unpaired) electrons. The molecule has 0 amide bonds. The van der Waals surface area contributed by atoms with Crippen LogP contribution in [-0.2, 0) is 5.41 Å². The molecule has 0 bridgehead atoms. The number of allylic oxidation sites excluding steroid dienone is 6. The first-order valence-corrected chi connectivity index (χ1v) is 23.7. The largest absolute Gasteiger partial charge is 0.337 e. The number of hydrogen-bond acceptors (Lipinski definition) is 1. The highest BCUT2D eigenvalue weighted by atomic mass is 28.3. The van der Waals surface area contributed by atoms with Crippen molar-refractivity contribution in [1.29, 1.82) is 0 Å². The molecular formula is C58H46N2Si. The summed E-state index contributed by atoms with van der Waals surface area (Å²) < 4.78 is 2.58. The molecule has 0 N–H and O–H groups in total. The van der Waals surface area contributed by atoms with Gasteiger partial charge in [-0.05, 0) is 78.9 Å². The van der Waals surface area contributed by atoms with Gasteiger partial charge in [0.05, 0.1) is 17.1 Å². The summed E-state index contributed by atoms with van der Waals surface area (Å²) in [4.78, 5) is 2.63. The van der Waals surface area contributed by atoms with Gasteiger partial charge in [0.15, 0.2) is 8.07 Å². The van der Waals surface area contributed by atoms with Gasteiger partial charge in [-0.15, -0.1) is 0 Å². The number of anilines is 1. The lowest BCUT2D eigenvalue weighted by Crippen LogP contribution is -2.74. The first-order valence-electron chi connectivity index (χ1n) is 21.7. The predicted octanol–water partition coefficient (Wildman–Crippen LogP) is 11.2. The highest BCUT2D eigenvalue weighted by Crippen LogP contribution is 2.53. The molecule has 292 valence electrons. The van der Waals surface area contributed by atoms with Crippen molar-refractivity contribution in [3.63, 3.8) is 0 Å². The molecule has 0 spiro atoms. The molecule has 0 saturated heterocycles. The maximum Gasteiger partial charge on any atom is 0.179 e. The van der Waals surface area contributed by atoms with Crippen molar-refractivity contribution in [3.8, 4) is 16.8 Å². The summed E-state index contributed by atoms with van der Waals surface area (Å²) in [6.45, 7) is 4.82. The van der Waals surface area contributed by atoms with Gasteiger partial charge >= 0.3 is 0 Å². The van der Waals surface area contributed by atoms with E-state index in [0.717, 1.165) is 6.42 Å². The second kappa shape index (κ2) is 13.8. The van der Waals surface area contributed by atoms with Crippen molar-refractivity contribution in [1.82, 2.24) is 4.57 Å². The molecule has 2 unspecified atom stereocenters.